The highest BCUT2D eigenvalue weighted by Crippen LogP contribution is 2.29. The standard InChI is InChI=1S/C16H29N3/c1-16(2,3)15(17)10-6-7-13-11-12-19(18-13)14-8-4-5-9-14/h11-12,14-15H,4-10,17H2,1-3H3. The van der Waals surface area contributed by atoms with Gasteiger partial charge in [-0.15, -0.1) is 0 Å². The Hall–Kier alpha value is -0.830. The van der Waals surface area contributed by atoms with E-state index >= 15 is 0 Å². The van der Waals surface area contributed by atoms with Gasteiger partial charge in [-0.3, -0.25) is 4.68 Å². The first kappa shape index (κ1) is 14.6. The number of nitrogens with zero attached hydrogens (tertiary/aromatic N) is 2. The first-order valence-corrected chi connectivity index (χ1v) is 7.76. The Morgan fingerprint density at radius 1 is 1.37 bits per heavy atom. The average Bonchev–Trinajstić information content (AvgIpc) is 2.97. The lowest BCUT2D eigenvalue weighted by Crippen LogP contribution is -2.34. The maximum Gasteiger partial charge on any atom is 0.0624 e. The Balaban J connectivity index is 1.77. The summed E-state index contributed by atoms with van der Waals surface area (Å²) < 4.78 is 2.19. The van der Waals surface area contributed by atoms with Crippen LogP contribution in [0.2, 0.25) is 0 Å². The van der Waals surface area contributed by atoms with Crippen molar-refractivity contribution in [3.05, 3.63) is 18.0 Å². The lowest BCUT2D eigenvalue weighted by Gasteiger charge is -2.26. The quantitative estimate of drug-likeness (QED) is 0.880. The second-order valence-electron chi connectivity index (χ2n) is 7.09. The molecule has 1 heterocycles. The van der Waals surface area contributed by atoms with Crippen molar-refractivity contribution < 1.29 is 0 Å². The molecule has 1 unspecified atom stereocenters. The van der Waals surface area contributed by atoms with E-state index < -0.39 is 0 Å². The molecule has 0 aliphatic heterocycles. The van der Waals surface area contributed by atoms with Crippen LogP contribution in [0, 0.1) is 5.41 Å². The molecule has 19 heavy (non-hydrogen) atoms. The second-order valence-corrected chi connectivity index (χ2v) is 7.09. The molecule has 0 bridgehead atoms. The minimum absolute atomic E-state index is 0.212. The van der Waals surface area contributed by atoms with E-state index in [0.717, 1.165) is 19.3 Å². The molecule has 3 heteroatoms. The van der Waals surface area contributed by atoms with Crippen molar-refractivity contribution in [2.75, 3.05) is 0 Å². The van der Waals surface area contributed by atoms with Gasteiger partial charge in [-0.05, 0) is 43.6 Å². The zero-order chi connectivity index (χ0) is 13.9. The van der Waals surface area contributed by atoms with Gasteiger partial charge in [-0.2, -0.15) is 5.10 Å². The van der Waals surface area contributed by atoms with Crippen LogP contribution < -0.4 is 5.73 Å². The van der Waals surface area contributed by atoms with Crippen molar-refractivity contribution in [1.82, 2.24) is 9.78 Å². The highest BCUT2D eigenvalue weighted by molar-refractivity contribution is 5.00. The second kappa shape index (κ2) is 6.08. The Kier molecular flexibility index (Phi) is 4.67. The van der Waals surface area contributed by atoms with E-state index in [2.05, 4.69) is 37.7 Å². The third-order valence-corrected chi connectivity index (χ3v) is 4.42. The molecule has 0 spiro atoms. The van der Waals surface area contributed by atoms with Crippen molar-refractivity contribution in [2.45, 2.75) is 77.8 Å². The molecule has 0 amide bonds. The SMILES string of the molecule is CC(C)(C)C(N)CCCc1ccn(C2CCCC2)n1. The van der Waals surface area contributed by atoms with Gasteiger partial charge >= 0.3 is 0 Å². The molecule has 1 fully saturated rings. The molecule has 2 N–H and O–H groups in total. The predicted octanol–water partition coefficient (Wildman–Crippen LogP) is 3.69. The number of rotatable bonds is 5. The number of nitrogens with two attached hydrogens (primary N) is 1. The summed E-state index contributed by atoms with van der Waals surface area (Å²) in [4.78, 5) is 0. The van der Waals surface area contributed by atoms with Crippen molar-refractivity contribution in [3.63, 3.8) is 0 Å². The van der Waals surface area contributed by atoms with Crippen LogP contribution in [-0.2, 0) is 6.42 Å². The van der Waals surface area contributed by atoms with Crippen LogP contribution >= 0.6 is 0 Å². The van der Waals surface area contributed by atoms with Gasteiger partial charge in [-0.1, -0.05) is 33.6 Å². The predicted molar refractivity (Wildman–Crippen MR) is 80.1 cm³/mol. The topological polar surface area (TPSA) is 43.8 Å². The van der Waals surface area contributed by atoms with Crippen LogP contribution in [0.4, 0.5) is 0 Å². The van der Waals surface area contributed by atoms with Gasteiger partial charge in [-0.25, -0.2) is 0 Å². The van der Waals surface area contributed by atoms with E-state index in [4.69, 9.17) is 10.8 Å². The Morgan fingerprint density at radius 2 is 2.05 bits per heavy atom. The van der Waals surface area contributed by atoms with E-state index in [0.29, 0.717) is 6.04 Å². The zero-order valence-electron chi connectivity index (χ0n) is 12.7. The van der Waals surface area contributed by atoms with Crippen LogP contribution in [0.1, 0.15) is 71.0 Å². The monoisotopic (exact) mass is 263 g/mol. The summed E-state index contributed by atoms with van der Waals surface area (Å²) in [5.41, 5.74) is 7.64. The van der Waals surface area contributed by atoms with E-state index in [1.54, 1.807) is 0 Å². The molecule has 1 saturated carbocycles. The molecule has 0 saturated heterocycles. The van der Waals surface area contributed by atoms with Crippen molar-refractivity contribution in [1.29, 1.82) is 0 Å². The summed E-state index contributed by atoms with van der Waals surface area (Å²) in [7, 11) is 0. The van der Waals surface area contributed by atoms with Crippen molar-refractivity contribution >= 4 is 0 Å². The van der Waals surface area contributed by atoms with Crippen LogP contribution in [0.25, 0.3) is 0 Å². The van der Waals surface area contributed by atoms with Gasteiger partial charge in [0, 0.05) is 12.2 Å². The minimum Gasteiger partial charge on any atom is -0.327 e. The molecular formula is C16H29N3. The molecule has 0 radical (unpaired) electrons. The fourth-order valence-corrected chi connectivity index (χ4v) is 2.82. The van der Waals surface area contributed by atoms with Gasteiger partial charge in [0.15, 0.2) is 0 Å². The molecule has 1 aliphatic rings. The van der Waals surface area contributed by atoms with E-state index in [-0.39, 0.29) is 11.5 Å². The largest absolute Gasteiger partial charge is 0.327 e. The summed E-state index contributed by atoms with van der Waals surface area (Å²) in [5, 5.41) is 4.73. The van der Waals surface area contributed by atoms with Gasteiger partial charge < -0.3 is 5.73 Å². The van der Waals surface area contributed by atoms with E-state index in [9.17, 15) is 0 Å². The Bertz CT molecular complexity index is 383. The van der Waals surface area contributed by atoms with Crippen LogP contribution in [0.3, 0.4) is 0 Å². The maximum atomic E-state index is 6.19. The summed E-state index contributed by atoms with van der Waals surface area (Å²) in [5.74, 6) is 0. The van der Waals surface area contributed by atoms with Gasteiger partial charge in [0.05, 0.1) is 11.7 Å². The average molecular weight is 263 g/mol. The Labute approximate surface area is 117 Å². The van der Waals surface area contributed by atoms with E-state index in [1.165, 1.54) is 31.4 Å². The van der Waals surface area contributed by atoms with Crippen molar-refractivity contribution in [3.8, 4) is 0 Å². The molecule has 3 nitrogen and oxygen atoms in total. The smallest absolute Gasteiger partial charge is 0.0624 e. The molecule has 2 rings (SSSR count). The summed E-state index contributed by atoms with van der Waals surface area (Å²) in [6.07, 6.45) is 10.8. The number of aryl methyl sites for hydroxylation is 1. The fourth-order valence-electron chi connectivity index (χ4n) is 2.82. The zero-order valence-corrected chi connectivity index (χ0v) is 12.7. The molecular weight excluding hydrogens is 234 g/mol. The third-order valence-electron chi connectivity index (χ3n) is 4.42. The first-order valence-electron chi connectivity index (χ1n) is 7.76. The molecule has 108 valence electrons. The summed E-state index contributed by atoms with van der Waals surface area (Å²) in [6, 6.07) is 3.12. The Morgan fingerprint density at radius 3 is 2.68 bits per heavy atom. The van der Waals surface area contributed by atoms with Crippen LogP contribution in [0.5, 0.6) is 0 Å². The summed E-state index contributed by atoms with van der Waals surface area (Å²) in [6.45, 7) is 6.64. The molecule has 1 aliphatic carbocycles. The third kappa shape index (κ3) is 4.07. The lowest BCUT2D eigenvalue weighted by atomic mass is 9.84. The van der Waals surface area contributed by atoms with Crippen molar-refractivity contribution in [2.24, 2.45) is 11.1 Å². The van der Waals surface area contributed by atoms with Gasteiger partial charge in [0.1, 0.15) is 0 Å². The maximum absolute atomic E-state index is 6.19. The molecule has 1 aromatic rings. The molecule has 1 atom stereocenters. The molecule has 0 aromatic carbocycles. The number of hydrogen-bond acceptors (Lipinski definition) is 2. The highest BCUT2D eigenvalue weighted by Gasteiger charge is 2.20. The minimum atomic E-state index is 0.212. The molecule has 1 aromatic heterocycles. The van der Waals surface area contributed by atoms with Crippen LogP contribution in [-0.4, -0.2) is 15.8 Å². The van der Waals surface area contributed by atoms with E-state index in [1.807, 2.05) is 0 Å². The number of aromatic nitrogens is 2. The summed E-state index contributed by atoms with van der Waals surface area (Å²) >= 11 is 0. The normalized spacial score (nSPS) is 18.9. The van der Waals surface area contributed by atoms with Gasteiger partial charge in [0.25, 0.3) is 0 Å². The highest BCUT2D eigenvalue weighted by atomic mass is 15.3. The van der Waals surface area contributed by atoms with Crippen LogP contribution in [0.15, 0.2) is 12.3 Å². The number of hydrogen-bond donors (Lipinski definition) is 1. The first-order chi connectivity index (χ1) is 8.97. The fraction of sp³-hybridized carbons (Fsp3) is 0.812. The van der Waals surface area contributed by atoms with Gasteiger partial charge in [0.2, 0.25) is 0 Å². The lowest BCUT2D eigenvalue weighted by molar-refractivity contribution is 0.301.